The first kappa shape index (κ1) is 20.2. The Morgan fingerprint density at radius 2 is 1.86 bits per heavy atom. The molecule has 1 N–H and O–H groups in total. The van der Waals surface area contributed by atoms with Crippen molar-refractivity contribution in [2.45, 2.75) is 19.9 Å². The van der Waals surface area contributed by atoms with Crippen LogP contribution in [0.1, 0.15) is 31.0 Å². The van der Waals surface area contributed by atoms with Gasteiger partial charge in [0.2, 0.25) is 13.4 Å². The van der Waals surface area contributed by atoms with Gasteiger partial charge in [0.05, 0.1) is 11.8 Å². The third-order valence-electron chi connectivity index (χ3n) is 4.22. The molecule has 0 unspecified atom stereocenters. The molecule has 8 heteroatoms. The summed E-state index contributed by atoms with van der Waals surface area (Å²) in [5.74, 6) is 0.225. The van der Waals surface area contributed by atoms with Crippen LogP contribution < -0.4 is 14.8 Å². The summed E-state index contributed by atoms with van der Waals surface area (Å²) >= 11 is 0. The summed E-state index contributed by atoms with van der Waals surface area (Å²) < 4.78 is 15.5. The smallest absolute Gasteiger partial charge is 0.347 e. The quantitative estimate of drug-likeness (QED) is 0.417. The molecule has 0 spiro atoms. The Hall–Kier alpha value is -3.55. The van der Waals surface area contributed by atoms with Crippen molar-refractivity contribution in [1.82, 2.24) is 5.32 Å². The number of carbonyl (C=O) groups is 2. The van der Waals surface area contributed by atoms with Crippen LogP contribution in [0.4, 0.5) is 0 Å². The predicted molar refractivity (Wildman–Crippen MR) is 105 cm³/mol. The summed E-state index contributed by atoms with van der Waals surface area (Å²) in [6.45, 7) is 3.00. The predicted octanol–water partition coefficient (Wildman–Crippen LogP) is 2.58. The van der Waals surface area contributed by atoms with E-state index in [4.69, 9.17) is 19.0 Å². The molecule has 2 aromatic carbocycles. The normalized spacial score (nSPS) is 13.5. The Morgan fingerprint density at radius 3 is 2.66 bits per heavy atom. The van der Waals surface area contributed by atoms with E-state index in [9.17, 15) is 9.59 Å². The highest BCUT2D eigenvalue weighted by Crippen LogP contribution is 2.32. The summed E-state index contributed by atoms with van der Waals surface area (Å²) in [4.78, 5) is 28.7. The zero-order valence-electron chi connectivity index (χ0n) is 16.2. The average Bonchev–Trinajstić information content (AvgIpc) is 3.20. The van der Waals surface area contributed by atoms with Crippen LogP contribution in [-0.4, -0.2) is 37.6 Å². The van der Waals surface area contributed by atoms with Gasteiger partial charge in [-0.15, -0.1) is 0 Å². The maximum Gasteiger partial charge on any atom is 0.347 e. The first-order valence-electron chi connectivity index (χ1n) is 9.09. The summed E-state index contributed by atoms with van der Waals surface area (Å²) in [6, 6.07) is 14.7. The number of hydrogen-bond acceptors (Lipinski definition) is 7. The Labute approximate surface area is 168 Å². The number of oxime groups is 1. The van der Waals surface area contributed by atoms with Crippen LogP contribution in [0.5, 0.6) is 11.5 Å². The zero-order valence-corrected chi connectivity index (χ0v) is 16.2. The van der Waals surface area contributed by atoms with Gasteiger partial charge < -0.3 is 24.4 Å². The van der Waals surface area contributed by atoms with Crippen molar-refractivity contribution in [3.8, 4) is 11.5 Å². The number of amides is 1. The molecule has 3 rings (SSSR count). The third-order valence-corrected chi connectivity index (χ3v) is 4.22. The third kappa shape index (κ3) is 5.71. The Bertz CT molecular complexity index is 897. The molecule has 29 heavy (non-hydrogen) atoms. The topological polar surface area (TPSA) is 95.5 Å². The maximum atomic E-state index is 11.9. The number of carbonyl (C=O) groups excluding carboxylic acids is 2. The first-order chi connectivity index (χ1) is 14.0. The summed E-state index contributed by atoms with van der Waals surface area (Å²) in [5, 5.41) is 6.66. The van der Waals surface area contributed by atoms with Gasteiger partial charge in [0.15, 0.2) is 18.1 Å². The minimum atomic E-state index is -0.685. The molecule has 0 saturated carbocycles. The number of benzene rings is 2. The number of ether oxygens (including phenoxy) is 3. The Morgan fingerprint density at radius 1 is 1.10 bits per heavy atom. The van der Waals surface area contributed by atoms with Crippen molar-refractivity contribution >= 4 is 17.6 Å². The second-order valence-corrected chi connectivity index (χ2v) is 6.38. The maximum absolute atomic E-state index is 11.9. The molecular formula is C21H22N2O6. The van der Waals surface area contributed by atoms with E-state index < -0.39 is 18.5 Å². The SMILES string of the molecule is C/C(=N/OCC(=O)OCC(=O)N[C@@H](C)c1ccccc1)c1ccc2c(c1)OCO2. The molecule has 1 amide bonds. The number of nitrogens with one attached hydrogen (secondary N) is 1. The van der Waals surface area contributed by atoms with Crippen LogP contribution in [0, 0.1) is 0 Å². The summed E-state index contributed by atoms with van der Waals surface area (Å²) in [7, 11) is 0. The number of hydrogen-bond donors (Lipinski definition) is 1. The highest BCUT2D eigenvalue weighted by molar-refractivity contribution is 5.99. The second kappa shape index (κ2) is 9.59. The molecule has 8 nitrogen and oxygen atoms in total. The van der Waals surface area contributed by atoms with Crippen molar-refractivity contribution in [1.29, 1.82) is 0 Å². The zero-order chi connectivity index (χ0) is 20.6. The molecule has 2 aromatic rings. The number of nitrogens with zero attached hydrogens (tertiary/aromatic N) is 1. The monoisotopic (exact) mass is 398 g/mol. The number of rotatable bonds is 8. The number of fused-ring (bicyclic) bond motifs is 1. The van der Waals surface area contributed by atoms with Gasteiger partial charge in [0.25, 0.3) is 5.91 Å². The molecule has 0 fully saturated rings. The van der Waals surface area contributed by atoms with Crippen molar-refractivity contribution in [2.75, 3.05) is 20.0 Å². The average molecular weight is 398 g/mol. The second-order valence-electron chi connectivity index (χ2n) is 6.38. The molecule has 1 heterocycles. The molecule has 0 radical (unpaired) electrons. The lowest BCUT2D eigenvalue weighted by Crippen LogP contribution is -2.31. The van der Waals surface area contributed by atoms with Crippen molar-refractivity contribution in [2.24, 2.45) is 5.16 Å². The van der Waals surface area contributed by atoms with Gasteiger partial charge in [0.1, 0.15) is 0 Å². The van der Waals surface area contributed by atoms with Gasteiger partial charge in [-0.3, -0.25) is 4.79 Å². The van der Waals surface area contributed by atoms with E-state index in [0.29, 0.717) is 17.2 Å². The molecule has 0 aliphatic carbocycles. The van der Waals surface area contributed by atoms with Crippen molar-refractivity contribution < 1.29 is 28.6 Å². The van der Waals surface area contributed by atoms with E-state index in [1.807, 2.05) is 43.3 Å². The van der Waals surface area contributed by atoms with Gasteiger partial charge >= 0.3 is 5.97 Å². The van der Waals surface area contributed by atoms with Crippen LogP contribution in [0.2, 0.25) is 0 Å². The van der Waals surface area contributed by atoms with E-state index in [-0.39, 0.29) is 19.4 Å². The largest absolute Gasteiger partial charge is 0.454 e. The van der Waals surface area contributed by atoms with Crippen molar-refractivity contribution in [3.63, 3.8) is 0 Å². The van der Waals surface area contributed by atoms with E-state index >= 15 is 0 Å². The molecule has 1 aliphatic heterocycles. The van der Waals surface area contributed by atoms with Crippen LogP contribution >= 0.6 is 0 Å². The lowest BCUT2D eigenvalue weighted by molar-refractivity contribution is -0.153. The lowest BCUT2D eigenvalue weighted by atomic mass is 10.1. The lowest BCUT2D eigenvalue weighted by Gasteiger charge is -2.14. The molecule has 0 aromatic heterocycles. The Balaban J connectivity index is 1.39. The first-order valence-corrected chi connectivity index (χ1v) is 9.09. The molecule has 0 bridgehead atoms. The molecule has 1 atom stereocenters. The van der Waals surface area contributed by atoms with E-state index in [1.165, 1.54) is 0 Å². The Kier molecular flexibility index (Phi) is 6.67. The molecule has 152 valence electrons. The van der Waals surface area contributed by atoms with Crippen LogP contribution in [0.15, 0.2) is 53.7 Å². The number of esters is 1. The van der Waals surface area contributed by atoms with Gasteiger partial charge in [-0.05, 0) is 37.6 Å². The molecular weight excluding hydrogens is 376 g/mol. The van der Waals surface area contributed by atoms with Crippen LogP contribution in [0.3, 0.4) is 0 Å². The standard InChI is InChI=1S/C21H22N2O6/c1-14(16-6-4-3-5-7-16)22-20(24)11-26-21(25)12-29-23-15(2)17-8-9-18-19(10-17)28-13-27-18/h3-10,14H,11-13H2,1-2H3,(H,22,24)/b23-15-/t14-/m0/s1. The molecule has 1 aliphatic rings. The van der Waals surface area contributed by atoms with Gasteiger partial charge in [0, 0.05) is 5.56 Å². The highest BCUT2D eigenvalue weighted by Gasteiger charge is 2.15. The summed E-state index contributed by atoms with van der Waals surface area (Å²) in [5.41, 5.74) is 2.30. The van der Waals surface area contributed by atoms with Crippen LogP contribution in [0.25, 0.3) is 0 Å². The minimum absolute atomic E-state index is 0.187. The van der Waals surface area contributed by atoms with Gasteiger partial charge in [-0.25, -0.2) is 4.79 Å². The fraction of sp³-hybridized carbons (Fsp3) is 0.286. The van der Waals surface area contributed by atoms with E-state index in [0.717, 1.165) is 11.1 Å². The van der Waals surface area contributed by atoms with Gasteiger partial charge in [-0.2, -0.15) is 0 Å². The van der Waals surface area contributed by atoms with Crippen molar-refractivity contribution in [3.05, 3.63) is 59.7 Å². The fourth-order valence-corrected chi connectivity index (χ4v) is 2.65. The fourth-order valence-electron chi connectivity index (χ4n) is 2.65. The minimum Gasteiger partial charge on any atom is -0.454 e. The highest BCUT2D eigenvalue weighted by atomic mass is 16.7. The van der Waals surface area contributed by atoms with E-state index in [2.05, 4.69) is 10.5 Å². The molecule has 0 saturated heterocycles. The summed E-state index contributed by atoms with van der Waals surface area (Å²) in [6.07, 6.45) is 0. The van der Waals surface area contributed by atoms with E-state index in [1.54, 1.807) is 19.1 Å². The van der Waals surface area contributed by atoms with Gasteiger partial charge in [-0.1, -0.05) is 35.5 Å². The van der Waals surface area contributed by atoms with Crippen LogP contribution in [-0.2, 0) is 19.2 Å².